The lowest BCUT2D eigenvalue weighted by Gasteiger charge is -2.24. The predicted octanol–water partition coefficient (Wildman–Crippen LogP) is 2.00. The standard InChI is InChI=1S/C22H28N2O7/c1-28-17-9-13(10-18(29-2)22(17)30-3)5-4-8-23-11-16(26)14-6-7-15(25)20-21(14)31-12-19(27)24-20/h6-7,9-10,16,23,25-26H,4-5,8,11-12H2,1-3H3,(H,24,27). The van der Waals surface area contributed by atoms with Gasteiger partial charge in [-0.05, 0) is 49.2 Å². The summed E-state index contributed by atoms with van der Waals surface area (Å²) >= 11 is 0. The first kappa shape index (κ1) is 22.5. The molecule has 9 nitrogen and oxygen atoms in total. The number of hydrogen-bond acceptors (Lipinski definition) is 8. The van der Waals surface area contributed by atoms with Gasteiger partial charge in [-0.25, -0.2) is 0 Å². The first-order valence-electron chi connectivity index (χ1n) is 9.94. The van der Waals surface area contributed by atoms with E-state index in [9.17, 15) is 15.0 Å². The van der Waals surface area contributed by atoms with Crippen molar-refractivity contribution < 1.29 is 34.0 Å². The molecule has 1 atom stereocenters. The number of rotatable bonds is 10. The van der Waals surface area contributed by atoms with Gasteiger partial charge in [0.2, 0.25) is 5.75 Å². The summed E-state index contributed by atoms with van der Waals surface area (Å²) in [6, 6.07) is 6.86. The third-order valence-corrected chi connectivity index (χ3v) is 5.02. The van der Waals surface area contributed by atoms with Gasteiger partial charge in [0.15, 0.2) is 23.9 Å². The van der Waals surface area contributed by atoms with Gasteiger partial charge in [-0.2, -0.15) is 0 Å². The van der Waals surface area contributed by atoms with E-state index in [0.29, 0.717) is 41.7 Å². The zero-order valence-corrected chi connectivity index (χ0v) is 17.9. The molecule has 31 heavy (non-hydrogen) atoms. The molecule has 3 rings (SSSR count). The smallest absolute Gasteiger partial charge is 0.262 e. The summed E-state index contributed by atoms with van der Waals surface area (Å²) in [6.45, 7) is 0.813. The Bertz CT molecular complexity index is 907. The van der Waals surface area contributed by atoms with Gasteiger partial charge < -0.3 is 39.8 Å². The number of methoxy groups -OCH3 is 3. The number of phenolic OH excluding ortho intramolecular Hbond substituents is 1. The number of aliphatic hydroxyl groups excluding tert-OH is 1. The number of fused-ring (bicyclic) bond motifs is 1. The van der Waals surface area contributed by atoms with Gasteiger partial charge >= 0.3 is 0 Å². The molecule has 168 valence electrons. The monoisotopic (exact) mass is 432 g/mol. The molecular weight excluding hydrogens is 404 g/mol. The summed E-state index contributed by atoms with van der Waals surface area (Å²) in [5.41, 5.74) is 1.74. The summed E-state index contributed by atoms with van der Waals surface area (Å²) in [4.78, 5) is 11.5. The molecule has 9 heteroatoms. The third-order valence-electron chi connectivity index (χ3n) is 5.02. The molecule has 0 saturated carbocycles. The van der Waals surface area contributed by atoms with Gasteiger partial charge in [0.05, 0.1) is 27.4 Å². The Morgan fingerprint density at radius 1 is 1.16 bits per heavy atom. The number of hydrogen-bond donors (Lipinski definition) is 4. The molecule has 0 bridgehead atoms. The Morgan fingerprint density at radius 2 is 1.87 bits per heavy atom. The Labute approximate surface area is 180 Å². The Morgan fingerprint density at radius 3 is 2.52 bits per heavy atom. The summed E-state index contributed by atoms with van der Waals surface area (Å²) in [5.74, 6) is 1.64. The van der Waals surface area contributed by atoms with Crippen LogP contribution in [0, 0.1) is 0 Å². The molecule has 2 aromatic carbocycles. The highest BCUT2D eigenvalue weighted by Gasteiger charge is 2.25. The second kappa shape index (κ2) is 10.2. The highest BCUT2D eigenvalue weighted by Crippen LogP contribution is 2.41. The Hall–Kier alpha value is -3.17. The molecule has 0 fully saturated rings. The summed E-state index contributed by atoms with van der Waals surface area (Å²) in [5, 5.41) is 26.3. The normalized spacial score (nSPS) is 13.6. The number of aryl methyl sites for hydroxylation is 1. The maximum absolute atomic E-state index is 11.5. The number of carbonyl (C=O) groups is 1. The fraction of sp³-hybridized carbons (Fsp3) is 0.409. The molecule has 1 unspecified atom stereocenters. The van der Waals surface area contributed by atoms with Crippen LogP contribution in [0.15, 0.2) is 24.3 Å². The van der Waals surface area contributed by atoms with E-state index in [0.717, 1.165) is 18.4 Å². The van der Waals surface area contributed by atoms with Crippen LogP contribution in [0.2, 0.25) is 0 Å². The SMILES string of the molecule is COc1cc(CCCNCC(O)c2ccc(O)c3c2OCC(=O)N3)cc(OC)c1OC. The van der Waals surface area contributed by atoms with Gasteiger partial charge in [-0.1, -0.05) is 0 Å². The molecule has 0 radical (unpaired) electrons. The summed E-state index contributed by atoms with van der Waals surface area (Å²) in [6.07, 6.45) is 0.750. The Balaban J connectivity index is 1.54. The van der Waals surface area contributed by atoms with Crippen LogP contribution in [0.4, 0.5) is 5.69 Å². The second-order valence-electron chi connectivity index (χ2n) is 7.07. The largest absolute Gasteiger partial charge is 0.506 e. The average Bonchev–Trinajstić information content (AvgIpc) is 2.78. The van der Waals surface area contributed by atoms with Crippen molar-refractivity contribution in [3.8, 4) is 28.7 Å². The van der Waals surface area contributed by atoms with Crippen molar-refractivity contribution in [1.82, 2.24) is 5.32 Å². The summed E-state index contributed by atoms with van der Waals surface area (Å²) < 4.78 is 21.5. The van der Waals surface area contributed by atoms with Crippen LogP contribution in [0.5, 0.6) is 28.7 Å². The van der Waals surface area contributed by atoms with Crippen LogP contribution in [0.3, 0.4) is 0 Å². The molecule has 1 heterocycles. The zero-order valence-electron chi connectivity index (χ0n) is 17.9. The van der Waals surface area contributed by atoms with Crippen LogP contribution in [0.25, 0.3) is 0 Å². The van der Waals surface area contributed by atoms with Gasteiger partial charge in [-0.15, -0.1) is 0 Å². The molecule has 0 saturated heterocycles. The molecule has 1 aliphatic rings. The van der Waals surface area contributed by atoms with E-state index in [2.05, 4.69) is 10.6 Å². The molecule has 1 amide bonds. The lowest BCUT2D eigenvalue weighted by atomic mass is 10.0. The van der Waals surface area contributed by atoms with E-state index in [1.807, 2.05) is 12.1 Å². The van der Waals surface area contributed by atoms with Gasteiger partial charge in [0.1, 0.15) is 11.4 Å². The number of aromatic hydroxyl groups is 1. The number of aliphatic hydroxyl groups is 1. The van der Waals surface area contributed by atoms with E-state index in [-0.39, 0.29) is 24.0 Å². The van der Waals surface area contributed by atoms with E-state index in [1.165, 1.54) is 6.07 Å². The van der Waals surface area contributed by atoms with Crippen molar-refractivity contribution in [2.45, 2.75) is 18.9 Å². The molecular formula is C22H28N2O7. The fourth-order valence-corrected chi connectivity index (χ4v) is 3.49. The van der Waals surface area contributed by atoms with E-state index in [4.69, 9.17) is 18.9 Å². The van der Waals surface area contributed by atoms with Crippen molar-refractivity contribution in [2.75, 3.05) is 46.3 Å². The number of anilines is 1. The number of phenols is 1. The topological polar surface area (TPSA) is 119 Å². The molecule has 4 N–H and O–H groups in total. The molecule has 0 aromatic heterocycles. The summed E-state index contributed by atoms with van der Waals surface area (Å²) in [7, 11) is 4.74. The van der Waals surface area contributed by atoms with Crippen LogP contribution in [-0.2, 0) is 11.2 Å². The van der Waals surface area contributed by atoms with Gasteiger partial charge in [0, 0.05) is 12.1 Å². The molecule has 0 aliphatic carbocycles. The highest BCUT2D eigenvalue weighted by atomic mass is 16.5. The van der Waals surface area contributed by atoms with Crippen molar-refractivity contribution in [2.24, 2.45) is 0 Å². The van der Waals surface area contributed by atoms with E-state index in [1.54, 1.807) is 27.4 Å². The average molecular weight is 432 g/mol. The highest BCUT2D eigenvalue weighted by molar-refractivity contribution is 5.97. The van der Waals surface area contributed by atoms with E-state index >= 15 is 0 Å². The van der Waals surface area contributed by atoms with E-state index < -0.39 is 6.10 Å². The van der Waals surface area contributed by atoms with Crippen LogP contribution in [0.1, 0.15) is 23.7 Å². The minimum absolute atomic E-state index is 0.0997. The van der Waals surface area contributed by atoms with Crippen LogP contribution < -0.4 is 29.6 Å². The first-order chi connectivity index (χ1) is 15.0. The minimum Gasteiger partial charge on any atom is -0.506 e. The molecule has 1 aliphatic heterocycles. The number of ether oxygens (including phenoxy) is 4. The van der Waals surface area contributed by atoms with Crippen molar-refractivity contribution in [1.29, 1.82) is 0 Å². The maximum atomic E-state index is 11.5. The lowest BCUT2D eigenvalue weighted by molar-refractivity contribution is -0.118. The molecule has 0 spiro atoms. The van der Waals surface area contributed by atoms with Gasteiger partial charge in [0.25, 0.3) is 5.91 Å². The second-order valence-corrected chi connectivity index (χ2v) is 7.07. The quantitative estimate of drug-likeness (QED) is 0.333. The number of amides is 1. The number of benzene rings is 2. The Kier molecular flexibility index (Phi) is 7.43. The number of carbonyl (C=O) groups excluding carboxylic acids is 1. The number of nitrogens with one attached hydrogen (secondary N) is 2. The van der Waals surface area contributed by atoms with Crippen molar-refractivity contribution in [3.05, 3.63) is 35.4 Å². The predicted molar refractivity (Wildman–Crippen MR) is 114 cm³/mol. The lowest BCUT2D eigenvalue weighted by Crippen LogP contribution is -2.28. The third kappa shape index (κ3) is 5.12. The minimum atomic E-state index is -0.856. The zero-order chi connectivity index (χ0) is 22.4. The fourth-order valence-electron chi connectivity index (χ4n) is 3.49. The van der Waals surface area contributed by atoms with Gasteiger partial charge in [-0.3, -0.25) is 4.79 Å². The van der Waals surface area contributed by atoms with Crippen molar-refractivity contribution >= 4 is 11.6 Å². The molecule has 2 aromatic rings. The first-order valence-corrected chi connectivity index (χ1v) is 9.94. The van der Waals surface area contributed by atoms with Crippen LogP contribution >= 0.6 is 0 Å². The van der Waals surface area contributed by atoms with Crippen LogP contribution in [-0.4, -0.2) is 57.1 Å². The van der Waals surface area contributed by atoms with Crippen molar-refractivity contribution in [3.63, 3.8) is 0 Å². The maximum Gasteiger partial charge on any atom is 0.262 e.